The zero-order valence-corrected chi connectivity index (χ0v) is 17.9. The molecule has 5 heteroatoms. The number of methoxy groups -OCH3 is 1. The van der Waals surface area contributed by atoms with Crippen molar-refractivity contribution in [2.45, 2.75) is 43.8 Å². The average Bonchev–Trinajstić information content (AvgIpc) is 3.15. The molecule has 3 heterocycles. The van der Waals surface area contributed by atoms with Crippen LogP contribution >= 0.6 is 0 Å². The van der Waals surface area contributed by atoms with Gasteiger partial charge in [0.1, 0.15) is 5.75 Å². The van der Waals surface area contributed by atoms with E-state index in [1.54, 1.807) is 7.11 Å². The highest BCUT2D eigenvalue weighted by molar-refractivity contribution is 6.13. The van der Waals surface area contributed by atoms with Gasteiger partial charge in [-0.25, -0.2) is 0 Å². The average molecular weight is 404 g/mol. The molecule has 2 saturated heterocycles. The van der Waals surface area contributed by atoms with Gasteiger partial charge in [0.25, 0.3) is 5.91 Å². The molecule has 0 spiro atoms. The maximum absolute atomic E-state index is 13.6. The maximum Gasteiger partial charge on any atom is 0.254 e. The van der Waals surface area contributed by atoms with Crippen molar-refractivity contribution in [1.29, 1.82) is 0 Å². The van der Waals surface area contributed by atoms with Gasteiger partial charge in [-0.1, -0.05) is 30.3 Å². The van der Waals surface area contributed by atoms with E-state index >= 15 is 0 Å². The second-order valence-electron chi connectivity index (χ2n) is 8.72. The van der Waals surface area contributed by atoms with E-state index in [-0.39, 0.29) is 11.9 Å². The van der Waals surface area contributed by atoms with Gasteiger partial charge in [0.05, 0.1) is 18.4 Å². The highest BCUT2D eigenvalue weighted by Gasteiger charge is 2.39. The van der Waals surface area contributed by atoms with Crippen molar-refractivity contribution in [2.75, 3.05) is 14.2 Å². The number of ether oxygens (including phenoxy) is 1. The second kappa shape index (κ2) is 7.47. The fraction of sp³-hybridized carbons (Fsp3) is 0.400. The molecule has 0 aliphatic carbocycles. The number of carbonyl (C=O) groups excluding carboxylic acids is 1. The van der Waals surface area contributed by atoms with E-state index in [1.807, 2.05) is 49.5 Å². The van der Waals surface area contributed by atoms with E-state index in [1.165, 1.54) is 12.8 Å². The molecule has 2 aromatic carbocycles. The quantitative estimate of drug-likeness (QED) is 0.710. The Morgan fingerprint density at radius 2 is 1.77 bits per heavy atom. The summed E-state index contributed by atoms with van der Waals surface area (Å²) < 4.78 is 7.56. The van der Waals surface area contributed by atoms with Gasteiger partial charge in [-0.2, -0.15) is 0 Å². The topological polar surface area (TPSA) is 46.5 Å². The highest BCUT2D eigenvalue weighted by Crippen LogP contribution is 2.37. The minimum atomic E-state index is 0.0265. The number of rotatable bonds is 4. The molecule has 156 valence electrons. The summed E-state index contributed by atoms with van der Waals surface area (Å²) in [5.41, 5.74) is 3.74. The Morgan fingerprint density at radius 3 is 2.50 bits per heavy atom. The summed E-state index contributed by atoms with van der Waals surface area (Å²) in [6.45, 7) is 0. The van der Waals surface area contributed by atoms with Crippen molar-refractivity contribution in [3.63, 3.8) is 0 Å². The third-order valence-electron chi connectivity index (χ3n) is 7.11. The second-order valence-corrected chi connectivity index (χ2v) is 8.72. The van der Waals surface area contributed by atoms with Crippen LogP contribution in [0.15, 0.2) is 48.5 Å². The van der Waals surface area contributed by atoms with Crippen LogP contribution in [0.3, 0.4) is 0 Å². The molecule has 2 aliphatic rings. The third-order valence-corrected chi connectivity index (χ3v) is 7.11. The number of hydrogen-bond donors (Lipinski definition) is 1. The Kier molecular flexibility index (Phi) is 4.78. The van der Waals surface area contributed by atoms with E-state index in [0.29, 0.717) is 12.1 Å². The number of nitrogens with zero attached hydrogens (tertiary/aromatic N) is 2. The van der Waals surface area contributed by atoms with Crippen molar-refractivity contribution in [3.8, 4) is 17.0 Å². The number of carbonyl (C=O) groups is 1. The molecule has 1 N–H and O–H groups in total. The molecule has 5 rings (SSSR count). The van der Waals surface area contributed by atoms with Gasteiger partial charge < -0.3 is 19.5 Å². The molecular formula is C25H29N3O2. The van der Waals surface area contributed by atoms with Gasteiger partial charge >= 0.3 is 0 Å². The molecule has 2 aliphatic heterocycles. The fourth-order valence-corrected chi connectivity index (χ4v) is 5.52. The summed E-state index contributed by atoms with van der Waals surface area (Å²) in [6.07, 6.45) is 4.57. The van der Waals surface area contributed by atoms with Crippen LogP contribution in [0.2, 0.25) is 0 Å². The number of benzene rings is 2. The van der Waals surface area contributed by atoms with E-state index in [0.717, 1.165) is 46.3 Å². The molecule has 1 aromatic heterocycles. The Bertz CT molecular complexity index is 1090. The highest BCUT2D eigenvalue weighted by atomic mass is 16.5. The van der Waals surface area contributed by atoms with E-state index in [4.69, 9.17) is 4.74 Å². The Morgan fingerprint density at radius 1 is 1.03 bits per heavy atom. The van der Waals surface area contributed by atoms with Gasteiger partial charge in [-0.05, 0) is 50.9 Å². The van der Waals surface area contributed by atoms with Gasteiger partial charge in [0, 0.05) is 41.6 Å². The van der Waals surface area contributed by atoms with Gasteiger partial charge in [-0.15, -0.1) is 0 Å². The molecule has 0 radical (unpaired) electrons. The maximum atomic E-state index is 13.6. The van der Waals surface area contributed by atoms with E-state index < -0.39 is 0 Å². The number of para-hydroxylation sites is 1. The normalized spacial score (nSPS) is 23.6. The van der Waals surface area contributed by atoms with Crippen molar-refractivity contribution in [1.82, 2.24) is 14.8 Å². The number of aromatic nitrogens is 1. The molecule has 1 amide bonds. The number of piperidine rings is 1. The Hall–Kier alpha value is -2.79. The van der Waals surface area contributed by atoms with Crippen LogP contribution in [-0.2, 0) is 7.05 Å². The summed E-state index contributed by atoms with van der Waals surface area (Å²) in [7, 11) is 5.93. The summed E-state index contributed by atoms with van der Waals surface area (Å²) in [5, 5.41) is 4.38. The lowest BCUT2D eigenvalue weighted by molar-refractivity contribution is 0.0884. The minimum absolute atomic E-state index is 0.0265. The predicted molar refractivity (Wildman–Crippen MR) is 120 cm³/mol. The number of fused-ring (bicyclic) bond motifs is 3. The van der Waals surface area contributed by atoms with Crippen molar-refractivity contribution in [3.05, 3.63) is 54.1 Å². The molecule has 3 aromatic rings. The smallest absolute Gasteiger partial charge is 0.254 e. The number of hydrogen-bond acceptors (Lipinski definition) is 3. The van der Waals surface area contributed by atoms with Crippen LogP contribution in [-0.4, -0.2) is 47.7 Å². The fourth-order valence-electron chi connectivity index (χ4n) is 5.52. The Balaban J connectivity index is 1.55. The molecule has 1 unspecified atom stereocenters. The molecule has 30 heavy (non-hydrogen) atoms. The first-order chi connectivity index (χ1) is 14.6. The minimum Gasteiger partial charge on any atom is -0.497 e. The lowest BCUT2D eigenvalue weighted by atomic mass is 9.97. The number of aryl methyl sites for hydroxylation is 1. The molecule has 5 nitrogen and oxygen atoms in total. The van der Waals surface area contributed by atoms with Gasteiger partial charge in [-0.3, -0.25) is 4.79 Å². The summed E-state index contributed by atoms with van der Waals surface area (Å²) >= 11 is 0. The molecule has 3 atom stereocenters. The van der Waals surface area contributed by atoms with E-state index in [9.17, 15) is 4.79 Å². The first-order valence-corrected chi connectivity index (χ1v) is 10.8. The first kappa shape index (κ1) is 19.2. The predicted octanol–water partition coefficient (Wildman–Crippen LogP) is 4.21. The van der Waals surface area contributed by atoms with Crippen LogP contribution in [0, 0.1) is 0 Å². The monoisotopic (exact) mass is 403 g/mol. The van der Waals surface area contributed by atoms with Crippen LogP contribution in [0.5, 0.6) is 5.75 Å². The van der Waals surface area contributed by atoms with Crippen molar-refractivity contribution < 1.29 is 9.53 Å². The van der Waals surface area contributed by atoms with Gasteiger partial charge in [0.15, 0.2) is 0 Å². The zero-order chi connectivity index (χ0) is 20.8. The molecule has 2 fully saturated rings. The standard InChI is InChI=1S/C25H29N3O2/c1-27-18-11-12-19(27)15-17(14-18)26-25(29)23-21-9-4-5-10-22(21)28(2)24(23)16-7-6-8-20(13-16)30-3/h4-10,13,17-19H,11-12,14-15H2,1-3H3,(H,26,29)/t17?,18-,19+. The molecule has 2 bridgehead atoms. The Labute approximate surface area is 177 Å². The SMILES string of the molecule is COc1cccc(-c2c(C(=O)NC3C[C@H]4CC[C@@H](C3)N4C)c3ccccc3n2C)c1. The lowest BCUT2D eigenvalue weighted by Gasteiger charge is -2.36. The van der Waals surface area contributed by atoms with Crippen LogP contribution in [0.1, 0.15) is 36.0 Å². The molecular weight excluding hydrogens is 374 g/mol. The zero-order valence-electron chi connectivity index (χ0n) is 17.9. The summed E-state index contributed by atoms with van der Waals surface area (Å²) in [6, 6.07) is 17.5. The van der Waals surface area contributed by atoms with Gasteiger partial charge in [0.2, 0.25) is 0 Å². The molecule has 0 saturated carbocycles. The first-order valence-electron chi connectivity index (χ1n) is 10.8. The van der Waals surface area contributed by atoms with Crippen molar-refractivity contribution >= 4 is 16.8 Å². The number of amides is 1. The summed E-state index contributed by atoms with van der Waals surface area (Å²) in [5.74, 6) is 0.814. The van der Waals surface area contributed by atoms with Crippen LogP contribution < -0.4 is 10.1 Å². The summed E-state index contributed by atoms with van der Waals surface area (Å²) in [4.78, 5) is 16.1. The van der Waals surface area contributed by atoms with Crippen molar-refractivity contribution in [2.24, 2.45) is 7.05 Å². The van der Waals surface area contributed by atoms with E-state index in [2.05, 4.69) is 27.9 Å². The lowest BCUT2D eigenvalue weighted by Crippen LogP contribution is -2.48. The number of nitrogens with one attached hydrogen (secondary N) is 1. The van der Waals surface area contributed by atoms with Crippen LogP contribution in [0.25, 0.3) is 22.2 Å². The third kappa shape index (κ3) is 3.08. The van der Waals surface area contributed by atoms with Crippen LogP contribution in [0.4, 0.5) is 0 Å². The largest absolute Gasteiger partial charge is 0.497 e.